The first-order valence-electron chi connectivity index (χ1n) is 4.45. The standard InChI is InChI=1S/C10H7Cl3O3S/c11-4-3-5(12)9(13)8(6(14)1-2-17)7(4)10(15)16/h3,17H,1-2H2,(H,15,16). The van der Waals surface area contributed by atoms with Crippen molar-refractivity contribution in [2.24, 2.45) is 0 Å². The van der Waals surface area contributed by atoms with Gasteiger partial charge in [-0.3, -0.25) is 4.79 Å². The highest BCUT2D eigenvalue weighted by molar-refractivity contribution is 7.80. The van der Waals surface area contributed by atoms with Crippen LogP contribution in [0.15, 0.2) is 6.07 Å². The number of carboxylic acids is 1. The van der Waals surface area contributed by atoms with Gasteiger partial charge in [-0.1, -0.05) is 34.8 Å². The van der Waals surface area contributed by atoms with Crippen molar-refractivity contribution < 1.29 is 14.7 Å². The molecule has 0 aliphatic rings. The Morgan fingerprint density at radius 3 is 2.24 bits per heavy atom. The summed E-state index contributed by atoms with van der Waals surface area (Å²) in [5.41, 5.74) is -0.487. The summed E-state index contributed by atoms with van der Waals surface area (Å²) in [4.78, 5) is 22.8. The van der Waals surface area contributed by atoms with E-state index in [1.165, 1.54) is 6.07 Å². The van der Waals surface area contributed by atoms with Gasteiger partial charge < -0.3 is 5.11 Å². The topological polar surface area (TPSA) is 54.4 Å². The average Bonchev–Trinajstić information content (AvgIpc) is 2.22. The van der Waals surface area contributed by atoms with Crippen molar-refractivity contribution in [3.05, 3.63) is 32.3 Å². The highest BCUT2D eigenvalue weighted by Crippen LogP contribution is 2.34. The van der Waals surface area contributed by atoms with Gasteiger partial charge >= 0.3 is 5.97 Å². The molecule has 1 aromatic carbocycles. The zero-order valence-electron chi connectivity index (χ0n) is 8.34. The monoisotopic (exact) mass is 312 g/mol. The van der Waals surface area contributed by atoms with Gasteiger partial charge in [-0.05, 0) is 11.8 Å². The number of carbonyl (C=O) groups is 2. The summed E-state index contributed by atoms with van der Waals surface area (Å²) in [6, 6.07) is 1.20. The van der Waals surface area contributed by atoms with E-state index in [2.05, 4.69) is 12.6 Å². The van der Waals surface area contributed by atoms with E-state index in [0.29, 0.717) is 0 Å². The molecule has 1 rings (SSSR count). The molecule has 0 saturated carbocycles. The van der Waals surface area contributed by atoms with Crippen molar-refractivity contribution in [3.63, 3.8) is 0 Å². The summed E-state index contributed by atoms with van der Waals surface area (Å²) in [7, 11) is 0. The smallest absolute Gasteiger partial charge is 0.338 e. The largest absolute Gasteiger partial charge is 0.478 e. The van der Waals surface area contributed by atoms with Gasteiger partial charge in [-0.25, -0.2) is 4.79 Å². The van der Waals surface area contributed by atoms with Crippen molar-refractivity contribution in [3.8, 4) is 0 Å². The molecule has 0 heterocycles. The number of hydrogen-bond acceptors (Lipinski definition) is 3. The van der Waals surface area contributed by atoms with Gasteiger partial charge in [0.05, 0.1) is 26.2 Å². The maximum Gasteiger partial charge on any atom is 0.338 e. The van der Waals surface area contributed by atoms with Gasteiger partial charge in [-0.15, -0.1) is 0 Å². The number of aromatic carboxylic acids is 1. The Labute approximate surface area is 118 Å². The first-order chi connectivity index (χ1) is 7.90. The predicted octanol–water partition coefficient (Wildman–Crippen LogP) is 3.85. The Bertz CT molecular complexity index is 488. The maximum atomic E-state index is 11.8. The minimum Gasteiger partial charge on any atom is -0.478 e. The van der Waals surface area contributed by atoms with Crippen molar-refractivity contribution in [2.45, 2.75) is 6.42 Å². The lowest BCUT2D eigenvalue weighted by Gasteiger charge is -2.10. The Kier molecular flexibility index (Phi) is 5.13. The highest BCUT2D eigenvalue weighted by Gasteiger charge is 2.24. The van der Waals surface area contributed by atoms with Crippen LogP contribution in [0.2, 0.25) is 15.1 Å². The minimum atomic E-state index is -1.32. The molecule has 17 heavy (non-hydrogen) atoms. The van der Waals surface area contributed by atoms with Crippen LogP contribution in [-0.4, -0.2) is 22.6 Å². The van der Waals surface area contributed by atoms with E-state index >= 15 is 0 Å². The van der Waals surface area contributed by atoms with Crippen LogP contribution >= 0.6 is 47.4 Å². The lowest BCUT2D eigenvalue weighted by Crippen LogP contribution is -2.11. The lowest BCUT2D eigenvalue weighted by molar-refractivity contribution is 0.0692. The molecule has 7 heteroatoms. The van der Waals surface area contributed by atoms with Crippen LogP contribution in [0.3, 0.4) is 0 Å². The first-order valence-corrected chi connectivity index (χ1v) is 6.21. The molecule has 0 atom stereocenters. The number of hydrogen-bond donors (Lipinski definition) is 2. The predicted molar refractivity (Wildman–Crippen MR) is 71.2 cm³/mol. The molecule has 0 amide bonds. The third-order valence-electron chi connectivity index (χ3n) is 2.00. The Hall–Kier alpha value is -0.420. The van der Waals surface area contributed by atoms with E-state index in [1.807, 2.05) is 0 Å². The van der Waals surface area contributed by atoms with Crippen LogP contribution in [0.1, 0.15) is 27.1 Å². The molecule has 92 valence electrons. The number of Topliss-reactive ketones (excluding diaryl/α,β-unsaturated/α-hetero) is 1. The lowest BCUT2D eigenvalue weighted by atomic mass is 10.0. The van der Waals surface area contributed by atoms with Gasteiger partial charge in [0.1, 0.15) is 0 Å². The average molecular weight is 314 g/mol. The van der Waals surface area contributed by atoms with E-state index in [4.69, 9.17) is 39.9 Å². The van der Waals surface area contributed by atoms with Crippen LogP contribution < -0.4 is 0 Å². The first kappa shape index (κ1) is 14.6. The molecule has 3 nitrogen and oxygen atoms in total. The molecule has 0 bridgehead atoms. The maximum absolute atomic E-state index is 11.8. The van der Waals surface area contributed by atoms with Crippen LogP contribution in [0.25, 0.3) is 0 Å². The Balaban J connectivity index is 3.53. The number of benzene rings is 1. The Morgan fingerprint density at radius 1 is 1.18 bits per heavy atom. The van der Waals surface area contributed by atoms with E-state index in [-0.39, 0.29) is 38.4 Å². The minimum absolute atomic E-state index is 0.0455. The molecular weight excluding hydrogens is 307 g/mol. The Morgan fingerprint density at radius 2 is 1.76 bits per heavy atom. The van der Waals surface area contributed by atoms with Gasteiger partial charge in [0.25, 0.3) is 0 Å². The fraction of sp³-hybridized carbons (Fsp3) is 0.200. The zero-order valence-corrected chi connectivity index (χ0v) is 11.5. The van der Waals surface area contributed by atoms with Gasteiger partial charge in [0, 0.05) is 6.42 Å². The fourth-order valence-electron chi connectivity index (χ4n) is 1.29. The number of thiol groups is 1. The second kappa shape index (κ2) is 5.96. The third kappa shape index (κ3) is 3.07. The SMILES string of the molecule is O=C(O)c1c(Cl)cc(Cl)c(Cl)c1C(=O)CCS. The van der Waals surface area contributed by atoms with Crippen molar-refractivity contribution in [1.82, 2.24) is 0 Å². The van der Waals surface area contributed by atoms with E-state index in [9.17, 15) is 9.59 Å². The summed E-state index contributed by atoms with van der Waals surface area (Å²) in [5, 5.41) is 8.85. The van der Waals surface area contributed by atoms with Gasteiger partial charge in [0.15, 0.2) is 5.78 Å². The van der Waals surface area contributed by atoms with Crippen LogP contribution in [-0.2, 0) is 0 Å². The fourth-order valence-corrected chi connectivity index (χ4v) is 2.29. The van der Waals surface area contributed by atoms with Crippen LogP contribution in [0.5, 0.6) is 0 Å². The van der Waals surface area contributed by atoms with Crippen molar-refractivity contribution in [2.75, 3.05) is 5.75 Å². The van der Waals surface area contributed by atoms with Gasteiger partial charge in [0.2, 0.25) is 0 Å². The normalized spacial score (nSPS) is 10.4. The summed E-state index contributed by atoms with van der Waals surface area (Å²) in [6.45, 7) is 0. The molecular formula is C10H7Cl3O3S. The summed E-state index contributed by atoms with van der Waals surface area (Å²) in [6.07, 6.45) is 0.0553. The molecule has 0 spiro atoms. The number of halogens is 3. The highest BCUT2D eigenvalue weighted by atomic mass is 35.5. The second-order valence-corrected chi connectivity index (χ2v) is 4.75. The number of rotatable bonds is 4. The molecule has 0 aromatic heterocycles. The van der Waals surface area contributed by atoms with Crippen LogP contribution in [0.4, 0.5) is 0 Å². The third-order valence-corrected chi connectivity index (χ3v) is 3.31. The number of carboxylic acid groups (broad SMARTS) is 1. The quantitative estimate of drug-likeness (QED) is 0.504. The molecule has 0 unspecified atom stereocenters. The second-order valence-electron chi connectivity index (χ2n) is 3.11. The van der Waals surface area contributed by atoms with E-state index in [1.54, 1.807) is 0 Å². The van der Waals surface area contributed by atoms with Crippen LogP contribution in [0, 0.1) is 0 Å². The molecule has 0 radical (unpaired) electrons. The molecule has 0 aliphatic heterocycles. The van der Waals surface area contributed by atoms with Crippen molar-refractivity contribution in [1.29, 1.82) is 0 Å². The molecule has 0 saturated heterocycles. The molecule has 1 N–H and O–H groups in total. The van der Waals surface area contributed by atoms with E-state index in [0.717, 1.165) is 0 Å². The van der Waals surface area contributed by atoms with Crippen molar-refractivity contribution >= 4 is 59.2 Å². The zero-order chi connectivity index (χ0) is 13.2. The molecule has 0 fully saturated rings. The molecule has 0 aliphatic carbocycles. The summed E-state index contributed by atoms with van der Waals surface area (Å²) < 4.78 is 0. The summed E-state index contributed by atoms with van der Waals surface area (Å²) in [5.74, 6) is -1.50. The number of carbonyl (C=O) groups excluding carboxylic acids is 1. The van der Waals surface area contributed by atoms with Gasteiger partial charge in [-0.2, -0.15) is 12.6 Å². The number of ketones is 1. The molecule has 1 aromatic rings. The van der Waals surface area contributed by atoms with E-state index < -0.39 is 11.8 Å². The summed E-state index contributed by atoms with van der Waals surface area (Å²) >= 11 is 21.3.